The van der Waals surface area contributed by atoms with Crippen molar-refractivity contribution >= 4 is 50.6 Å². The molecule has 0 atom stereocenters. The van der Waals surface area contributed by atoms with Crippen LogP contribution in [0, 0.1) is 5.82 Å². The molecule has 2 N–H and O–H groups in total. The van der Waals surface area contributed by atoms with E-state index in [1.165, 1.54) is 0 Å². The maximum Gasteiger partial charge on any atom is 0.337 e. The Bertz CT molecular complexity index is 938. The van der Waals surface area contributed by atoms with Gasteiger partial charge in [-0.05, 0) is 47.2 Å². The predicted octanol–water partition coefficient (Wildman–Crippen LogP) is 4.64. The zero-order valence-corrected chi connectivity index (χ0v) is 13.0. The highest BCUT2D eigenvalue weighted by Crippen LogP contribution is 2.26. The average Bonchev–Trinajstić information content (AvgIpc) is 2.97. The smallest absolute Gasteiger partial charge is 0.337 e. The number of anilines is 1. The quantitative estimate of drug-likeness (QED) is 0.723. The Morgan fingerprint density at radius 2 is 1.96 bits per heavy atom. The Morgan fingerprint density at radius 1 is 1.17 bits per heavy atom. The first-order valence-corrected chi connectivity index (χ1v) is 7.72. The summed E-state index contributed by atoms with van der Waals surface area (Å²) in [6.07, 6.45) is 0. The third kappa shape index (κ3) is 3.04. The number of carboxylic acid groups (broad SMARTS) is 1. The van der Waals surface area contributed by atoms with E-state index >= 15 is 0 Å². The SMILES string of the molecule is O=C(Nc1cc(F)c(Cl)cc1C(=O)O)c1ccc2sccc2c1. The van der Waals surface area contributed by atoms with E-state index in [0.29, 0.717) is 5.56 Å². The van der Waals surface area contributed by atoms with E-state index in [9.17, 15) is 14.0 Å². The summed E-state index contributed by atoms with van der Waals surface area (Å²) in [6, 6.07) is 8.86. The Morgan fingerprint density at radius 3 is 2.70 bits per heavy atom. The maximum absolute atomic E-state index is 13.6. The van der Waals surface area contributed by atoms with Gasteiger partial charge in [0.1, 0.15) is 5.82 Å². The van der Waals surface area contributed by atoms with Gasteiger partial charge in [0.2, 0.25) is 0 Å². The van der Waals surface area contributed by atoms with Crippen LogP contribution in [-0.4, -0.2) is 17.0 Å². The first-order valence-electron chi connectivity index (χ1n) is 6.46. The second-order valence-corrected chi connectivity index (χ2v) is 6.10. The van der Waals surface area contributed by atoms with Crippen LogP contribution in [0.3, 0.4) is 0 Å². The lowest BCUT2D eigenvalue weighted by molar-refractivity contribution is 0.0698. The number of thiophene rings is 1. The molecule has 116 valence electrons. The van der Waals surface area contributed by atoms with Gasteiger partial charge in [0, 0.05) is 10.3 Å². The average molecular weight is 350 g/mol. The number of amides is 1. The molecule has 0 aliphatic carbocycles. The molecule has 1 heterocycles. The number of fused-ring (bicyclic) bond motifs is 1. The lowest BCUT2D eigenvalue weighted by Crippen LogP contribution is -2.15. The van der Waals surface area contributed by atoms with Crippen molar-refractivity contribution < 1.29 is 19.1 Å². The van der Waals surface area contributed by atoms with Gasteiger partial charge in [0.15, 0.2) is 0 Å². The first-order chi connectivity index (χ1) is 11.0. The normalized spacial score (nSPS) is 10.7. The van der Waals surface area contributed by atoms with Gasteiger partial charge in [0.05, 0.1) is 16.3 Å². The zero-order valence-electron chi connectivity index (χ0n) is 11.5. The molecule has 0 saturated heterocycles. The summed E-state index contributed by atoms with van der Waals surface area (Å²) in [5.74, 6) is -2.64. The molecule has 7 heteroatoms. The molecule has 0 aliphatic rings. The highest BCUT2D eigenvalue weighted by atomic mass is 35.5. The number of rotatable bonds is 3. The van der Waals surface area contributed by atoms with Gasteiger partial charge < -0.3 is 10.4 Å². The van der Waals surface area contributed by atoms with Crippen molar-refractivity contribution in [2.45, 2.75) is 0 Å². The molecule has 3 rings (SSSR count). The minimum atomic E-state index is -1.31. The van der Waals surface area contributed by atoms with Crippen molar-refractivity contribution in [2.75, 3.05) is 5.32 Å². The molecule has 1 amide bonds. The molecule has 2 aromatic carbocycles. The summed E-state index contributed by atoms with van der Waals surface area (Å²) < 4.78 is 14.6. The van der Waals surface area contributed by atoms with E-state index in [1.54, 1.807) is 29.5 Å². The van der Waals surface area contributed by atoms with Crippen LogP contribution in [0.4, 0.5) is 10.1 Å². The summed E-state index contributed by atoms with van der Waals surface area (Å²) in [5, 5.41) is 14.1. The number of benzene rings is 2. The predicted molar refractivity (Wildman–Crippen MR) is 88.1 cm³/mol. The van der Waals surface area contributed by atoms with Crippen LogP contribution in [0.25, 0.3) is 10.1 Å². The van der Waals surface area contributed by atoms with Gasteiger partial charge in [-0.2, -0.15) is 0 Å². The van der Waals surface area contributed by atoms with E-state index in [-0.39, 0.29) is 16.3 Å². The summed E-state index contributed by atoms with van der Waals surface area (Å²) in [5.41, 5.74) is -0.0706. The second-order valence-electron chi connectivity index (χ2n) is 4.74. The number of halogens is 2. The second kappa shape index (κ2) is 5.98. The van der Waals surface area contributed by atoms with E-state index in [1.807, 2.05) is 11.4 Å². The molecule has 4 nitrogen and oxygen atoms in total. The molecule has 0 spiro atoms. The van der Waals surface area contributed by atoms with E-state index in [0.717, 1.165) is 22.2 Å². The fourth-order valence-electron chi connectivity index (χ4n) is 2.13. The number of carbonyl (C=O) groups excluding carboxylic acids is 1. The number of aromatic carboxylic acids is 1. The fraction of sp³-hybridized carbons (Fsp3) is 0. The molecule has 0 bridgehead atoms. The van der Waals surface area contributed by atoms with Crippen LogP contribution in [-0.2, 0) is 0 Å². The molecule has 0 fully saturated rings. The number of hydrogen-bond donors (Lipinski definition) is 2. The van der Waals surface area contributed by atoms with Crippen LogP contribution < -0.4 is 5.32 Å². The maximum atomic E-state index is 13.6. The van der Waals surface area contributed by atoms with Crippen LogP contribution in [0.5, 0.6) is 0 Å². The fourth-order valence-corrected chi connectivity index (χ4v) is 3.06. The molecule has 23 heavy (non-hydrogen) atoms. The molecule has 3 aromatic rings. The van der Waals surface area contributed by atoms with Crippen molar-refractivity contribution in [2.24, 2.45) is 0 Å². The van der Waals surface area contributed by atoms with Crippen molar-refractivity contribution in [3.05, 3.63) is 63.7 Å². The Balaban J connectivity index is 1.96. The van der Waals surface area contributed by atoms with Crippen molar-refractivity contribution in [3.8, 4) is 0 Å². The van der Waals surface area contributed by atoms with E-state index in [2.05, 4.69) is 5.32 Å². The topological polar surface area (TPSA) is 66.4 Å². The van der Waals surface area contributed by atoms with Gasteiger partial charge >= 0.3 is 5.97 Å². The molecular weight excluding hydrogens is 341 g/mol. The Kier molecular flexibility index (Phi) is 4.02. The highest BCUT2D eigenvalue weighted by molar-refractivity contribution is 7.17. The molecule has 0 saturated carbocycles. The van der Waals surface area contributed by atoms with Gasteiger partial charge in [-0.1, -0.05) is 11.6 Å². The molecule has 0 radical (unpaired) electrons. The number of carboxylic acids is 1. The Hall–Kier alpha value is -2.44. The van der Waals surface area contributed by atoms with Gasteiger partial charge in [-0.15, -0.1) is 11.3 Å². The summed E-state index contributed by atoms with van der Waals surface area (Å²) in [7, 11) is 0. The largest absolute Gasteiger partial charge is 0.478 e. The van der Waals surface area contributed by atoms with Gasteiger partial charge in [-0.25, -0.2) is 9.18 Å². The molecule has 0 aliphatic heterocycles. The van der Waals surface area contributed by atoms with Crippen molar-refractivity contribution in [1.82, 2.24) is 0 Å². The third-order valence-electron chi connectivity index (χ3n) is 3.25. The molecule has 1 aromatic heterocycles. The Labute approximate surface area is 139 Å². The number of carbonyl (C=O) groups is 2. The summed E-state index contributed by atoms with van der Waals surface area (Å²) in [6.45, 7) is 0. The minimum absolute atomic E-state index is 0.144. The number of hydrogen-bond acceptors (Lipinski definition) is 3. The lowest BCUT2D eigenvalue weighted by Gasteiger charge is -2.10. The minimum Gasteiger partial charge on any atom is -0.478 e. The van der Waals surface area contributed by atoms with Crippen LogP contribution >= 0.6 is 22.9 Å². The van der Waals surface area contributed by atoms with Gasteiger partial charge in [-0.3, -0.25) is 4.79 Å². The van der Waals surface area contributed by atoms with Crippen molar-refractivity contribution in [3.63, 3.8) is 0 Å². The van der Waals surface area contributed by atoms with Crippen LogP contribution in [0.2, 0.25) is 5.02 Å². The van der Waals surface area contributed by atoms with Crippen LogP contribution in [0.1, 0.15) is 20.7 Å². The lowest BCUT2D eigenvalue weighted by atomic mass is 10.1. The zero-order chi connectivity index (χ0) is 16.6. The molecular formula is C16H9ClFNO3S. The third-order valence-corrected chi connectivity index (χ3v) is 4.44. The first kappa shape index (κ1) is 15.5. The summed E-state index contributed by atoms with van der Waals surface area (Å²) >= 11 is 7.13. The number of nitrogens with one attached hydrogen (secondary N) is 1. The van der Waals surface area contributed by atoms with E-state index in [4.69, 9.17) is 16.7 Å². The van der Waals surface area contributed by atoms with Crippen LogP contribution in [0.15, 0.2) is 41.8 Å². The van der Waals surface area contributed by atoms with Crippen molar-refractivity contribution in [1.29, 1.82) is 0 Å². The molecule has 0 unspecified atom stereocenters. The monoisotopic (exact) mass is 349 g/mol. The highest BCUT2D eigenvalue weighted by Gasteiger charge is 2.17. The summed E-state index contributed by atoms with van der Waals surface area (Å²) in [4.78, 5) is 23.5. The standard InChI is InChI=1S/C16H9ClFNO3S/c17-11-6-10(16(21)22)13(7-12(11)18)19-15(20)9-1-2-14-8(5-9)3-4-23-14/h1-7H,(H,19,20)(H,21,22). The van der Waals surface area contributed by atoms with Gasteiger partial charge in [0.25, 0.3) is 5.91 Å². The van der Waals surface area contributed by atoms with E-state index < -0.39 is 17.7 Å².